The van der Waals surface area contributed by atoms with Crippen LogP contribution < -0.4 is 5.32 Å². The number of nitrogens with zero attached hydrogens (tertiary/aromatic N) is 3. The maximum absolute atomic E-state index is 12.7. The van der Waals surface area contributed by atoms with Crippen LogP contribution in [0.1, 0.15) is 11.1 Å². The molecule has 1 atom stereocenters. The number of carbonyl (C=O) groups is 1. The highest BCUT2D eigenvalue weighted by molar-refractivity contribution is 5.95. The summed E-state index contributed by atoms with van der Waals surface area (Å²) in [4.78, 5) is 24.9. The predicted molar refractivity (Wildman–Crippen MR) is 121 cm³/mol. The lowest BCUT2D eigenvalue weighted by atomic mass is 10.0. The molecule has 156 valence electrons. The highest BCUT2D eigenvalue weighted by atomic mass is 16.1. The van der Waals surface area contributed by atoms with Gasteiger partial charge in [0.15, 0.2) is 0 Å². The van der Waals surface area contributed by atoms with E-state index in [4.69, 9.17) is 0 Å². The zero-order valence-corrected chi connectivity index (χ0v) is 17.4. The summed E-state index contributed by atoms with van der Waals surface area (Å²) in [5.41, 5.74) is 3.03. The molecule has 1 saturated heterocycles. The van der Waals surface area contributed by atoms with Crippen LogP contribution in [0.25, 0.3) is 17.1 Å². The Labute approximate surface area is 177 Å². The number of H-pyrrole nitrogens is 1. The van der Waals surface area contributed by atoms with Crippen molar-refractivity contribution in [3.63, 3.8) is 0 Å². The second-order valence-corrected chi connectivity index (χ2v) is 7.98. The largest absolute Gasteiger partial charge is 0.348 e. The summed E-state index contributed by atoms with van der Waals surface area (Å²) in [7, 11) is 2.16. The van der Waals surface area contributed by atoms with Gasteiger partial charge in [0, 0.05) is 68.2 Å². The Morgan fingerprint density at radius 1 is 1.17 bits per heavy atom. The Morgan fingerprint density at radius 2 is 1.97 bits per heavy atom. The lowest BCUT2D eigenvalue weighted by molar-refractivity contribution is -0.117. The van der Waals surface area contributed by atoms with E-state index in [1.807, 2.05) is 30.5 Å². The third-order valence-electron chi connectivity index (χ3n) is 5.64. The van der Waals surface area contributed by atoms with Gasteiger partial charge < -0.3 is 15.2 Å². The van der Waals surface area contributed by atoms with Crippen LogP contribution in [0.4, 0.5) is 0 Å². The minimum absolute atomic E-state index is 0.0664. The first-order chi connectivity index (χ1) is 14.7. The van der Waals surface area contributed by atoms with E-state index in [1.165, 1.54) is 5.56 Å². The Balaban J connectivity index is 1.42. The molecular formula is C24H29N5O. The van der Waals surface area contributed by atoms with Gasteiger partial charge in [0.05, 0.1) is 0 Å². The van der Waals surface area contributed by atoms with Crippen molar-refractivity contribution in [3.8, 4) is 0 Å². The van der Waals surface area contributed by atoms with Gasteiger partial charge in [-0.25, -0.2) is 4.98 Å². The van der Waals surface area contributed by atoms with E-state index in [0.29, 0.717) is 0 Å². The Hall–Kier alpha value is -2.96. The lowest BCUT2D eigenvalue weighted by Gasteiger charge is -2.34. The number of piperazine rings is 1. The van der Waals surface area contributed by atoms with Crippen LogP contribution in [0.5, 0.6) is 0 Å². The van der Waals surface area contributed by atoms with Crippen molar-refractivity contribution in [3.05, 3.63) is 72.1 Å². The number of hydrogen-bond donors (Lipinski definition) is 2. The molecule has 6 nitrogen and oxygen atoms in total. The fraction of sp³-hybridized carbons (Fsp3) is 0.333. The summed E-state index contributed by atoms with van der Waals surface area (Å²) < 4.78 is 0. The lowest BCUT2D eigenvalue weighted by Crippen LogP contribution is -2.51. The first-order valence-electron chi connectivity index (χ1n) is 10.5. The molecule has 0 saturated carbocycles. The van der Waals surface area contributed by atoms with Crippen LogP contribution in [0, 0.1) is 0 Å². The average molecular weight is 404 g/mol. The van der Waals surface area contributed by atoms with E-state index in [2.05, 4.69) is 56.4 Å². The van der Waals surface area contributed by atoms with Crippen molar-refractivity contribution >= 4 is 23.0 Å². The Morgan fingerprint density at radius 3 is 2.77 bits per heavy atom. The van der Waals surface area contributed by atoms with Crippen molar-refractivity contribution in [2.24, 2.45) is 0 Å². The third kappa shape index (κ3) is 5.34. The maximum Gasteiger partial charge on any atom is 0.244 e. The number of hydrogen-bond acceptors (Lipinski definition) is 4. The molecule has 3 aromatic rings. The maximum atomic E-state index is 12.7. The van der Waals surface area contributed by atoms with Crippen molar-refractivity contribution in [1.29, 1.82) is 0 Å². The van der Waals surface area contributed by atoms with Gasteiger partial charge in [-0.1, -0.05) is 30.3 Å². The van der Waals surface area contributed by atoms with Gasteiger partial charge in [0.25, 0.3) is 0 Å². The number of aromatic amines is 1. The molecule has 4 rings (SSSR count). The normalized spacial score (nSPS) is 16.8. The first kappa shape index (κ1) is 20.3. The number of benzene rings is 1. The van der Waals surface area contributed by atoms with Crippen LogP contribution in [0.15, 0.2) is 60.9 Å². The monoisotopic (exact) mass is 403 g/mol. The molecule has 2 aromatic heterocycles. The summed E-state index contributed by atoms with van der Waals surface area (Å²) in [6, 6.07) is 14.3. The van der Waals surface area contributed by atoms with Crippen LogP contribution in [-0.4, -0.2) is 71.5 Å². The molecule has 1 unspecified atom stereocenters. The van der Waals surface area contributed by atoms with Crippen LogP contribution >= 0.6 is 0 Å². The highest BCUT2D eigenvalue weighted by Crippen LogP contribution is 2.16. The minimum Gasteiger partial charge on any atom is -0.348 e. The Bertz CT molecular complexity index is 989. The summed E-state index contributed by atoms with van der Waals surface area (Å²) in [5, 5.41) is 4.24. The third-order valence-corrected chi connectivity index (χ3v) is 5.64. The average Bonchev–Trinajstić information content (AvgIpc) is 3.18. The fourth-order valence-electron chi connectivity index (χ4n) is 3.93. The molecular weight excluding hydrogens is 374 g/mol. The number of likely N-dealkylation sites (N-methyl/N-ethyl adjacent to an activating group) is 1. The number of aromatic nitrogens is 2. The zero-order chi connectivity index (χ0) is 20.8. The SMILES string of the molecule is CN1CCN(CC(Cc2ccccc2)NC(=O)/C=C/c2c[nH]c3ncccc23)CC1. The van der Waals surface area contributed by atoms with Crippen LogP contribution in [0.2, 0.25) is 0 Å². The van der Waals surface area contributed by atoms with E-state index in [1.54, 1.807) is 12.3 Å². The number of nitrogens with one attached hydrogen (secondary N) is 2. The standard InChI is InChI=1S/C24H29N5O/c1-28-12-14-29(15-13-28)18-21(16-19-6-3-2-4-7-19)27-23(30)10-9-20-17-26-24-22(20)8-5-11-25-24/h2-11,17,21H,12-16,18H2,1H3,(H,25,26)(H,27,30)/b10-9+. The van der Waals surface area contributed by atoms with E-state index in [0.717, 1.165) is 55.7 Å². The zero-order valence-electron chi connectivity index (χ0n) is 17.4. The van der Waals surface area contributed by atoms with Crippen molar-refractivity contribution in [2.45, 2.75) is 12.5 Å². The molecule has 2 N–H and O–H groups in total. The van der Waals surface area contributed by atoms with Gasteiger partial charge in [-0.2, -0.15) is 0 Å². The quantitative estimate of drug-likeness (QED) is 0.595. The number of fused-ring (bicyclic) bond motifs is 1. The van der Waals surface area contributed by atoms with E-state index in [-0.39, 0.29) is 11.9 Å². The minimum atomic E-state index is -0.0664. The van der Waals surface area contributed by atoms with Crippen molar-refractivity contribution < 1.29 is 4.79 Å². The topological polar surface area (TPSA) is 64.3 Å². The van der Waals surface area contributed by atoms with Crippen LogP contribution in [-0.2, 0) is 11.2 Å². The number of amides is 1. The molecule has 1 amide bonds. The van der Waals surface area contributed by atoms with Gasteiger partial charge in [-0.05, 0) is 37.2 Å². The van der Waals surface area contributed by atoms with Crippen molar-refractivity contribution in [1.82, 2.24) is 25.1 Å². The summed E-state index contributed by atoms with van der Waals surface area (Å²) in [5.74, 6) is -0.0664. The summed E-state index contributed by atoms with van der Waals surface area (Å²) in [6.07, 6.45) is 7.94. The molecule has 6 heteroatoms. The molecule has 1 aromatic carbocycles. The van der Waals surface area contributed by atoms with E-state index < -0.39 is 0 Å². The molecule has 30 heavy (non-hydrogen) atoms. The molecule has 1 aliphatic rings. The Kier molecular flexibility index (Phi) is 6.57. The molecule has 1 aliphatic heterocycles. The highest BCUT2D eigenvalue weighted by Gasteiger charge is 2.19. The van der Waals surface area contributed by atoms with E-state index in [9.17, 15) is 4.79 Å². The van der Waals surface area contributed by atoms with Crippen molar-refractivity contribution in [2.75, 3.05) is 39.8 Å². The molecule has 1 fully saturated rings. The molecule has 3 heterocycles. The van der Waals surface area contributed by atoms with Gasteiger partial charge in [0.1, 0.15) is 5.65 Å². The second-order valence-electron chi connectivity index (χ2n) is 7.98. The van der Waals surface area contributed by atoms with Crippen LogP contribution in [0.3, 0.4) is 0 Å². The predicted octanol–water partition coefficient (Wildman–Crippen LogP) is 2.55. The summed E-state index contributed by atoms with van der Waals surface area (Å²) >= 11 is 0. The van der Waals surface area contributed by atoms with Gasteiger partial charge in [-0.3, -0.25) is 9.69 Å². The smallest absolute Gasteiger partial charge is 0.244 e. The van der Waals surface area contributed by atoms with Gasteiger partial charge >= 0.3 is 0 Å². The van der Waals surface area contributed by atoms with Gasteiger partial charge in [0.2, 0.25) is 5.91 Å². The molecule has 0 aliphatic carbocycles. The number of pyridine rings is 1. The number of rotatable bonds is 7. The molecule has 0 spiro atoms. The van der Waals surface area contributed by atoms with E-state index >= 15 is 0 Å². The summed E-state index contributed by atoms with van der Waals surface area (Å²) in [6.45, 7) is 5.08. The molecule has 0 radical (unpaired) electrons. The number of carbonyl (C=O) groups excluding carboxylic acids is 1. The molecule has 0 bridgehead atoms. The fourth-order valence-corrected chi connectivity index (χ4v) is 3.93. The van der Waals surface area contributed by atoms with Gasteiger partial charge in [-0.15, -0.1) is 0 Å². The first-order valence-corrected chi connectivity index (χ1v) is 10.5. The second kappa shape index (κ2) is 9.69.